The standard InChI is InChI=1S/C22H16F2N2O2/c1-13-20(22(27)28)26(21(25-13)16-9-17(23)11-18(24)10-16)12-15-7-4-6-14-5-2-3-8-19(14)15/h2-11H,12H2,1H3,(H,27,28). The van der Waals surface area contributed by atoms with E-state index in [1.54, 1.807) is 6.92 Å². The van der Waals surface area contributed by atoms with Crippen molar-refractivity contribution in [1.29, 1.82) is 0 Å². The van der Waals surface area contributed by atoms with Gasteiger partial charge in [0.25, 0.3) is 0 Å². The van der Waals surface area contributed by atoms with Crippen molar-refractivity contribution in [2.75, 3.05) is 0 Å². The average molecular weight is 378 g/mol. The van der Waals surface area contributed by atoms with E-state index in [9.17, 15) is 18.7 Å². The summed E-state index contributed by atoms with van der Waals surface area (Å²) in [6.07, 6.45) is 0. The van der Waals surface area contributed by atoms with Crippen LogP contribution in [0.4, 0.5) is 8.78 Å². The molecule has 0 unspecified atom stereocenters. The van der Waals surface area contributed by atoms with Gasteiger partial charge in [-0.15, -0.1) is 0 Å². The molecule has 4 rings (SSSR count). The molecule has 0 radical (unpaired) electrons. The van der Waals surface area contributed by atoms with Crippen LogP contribution in [0.25, 0.3) is 22.2 Å². The van der Waals surface area contributed by atoms with Crippen LogP contribution in [0.15, 0.2) is 60.7 Å². The molecule has 0 spiro atoms. The van der Waals surface area contributed by atoms with Gasteiger partial charge in [-0.25, -0.2) is 18.6 Å². The van der Waals surface area contributed by atoms with E-state index < -0.39 is 17.6 Å². The average Bonchev–Trinajstić information content (AvgIpc) is 2.97. The summed E-state index contributed by atoms with van der Waals surface area (Å²) >= 11 is 0. The third-order valence-corrected chi connectivity index (χ3v) is 4.67. The van der Waals surface area contributed by atoms with Crippen LogP contribution >= 0.6 is 0 Å². The van der Waals surface area contributed by atoms with Gasteiger partial charge in [0.2, 0.25) is 0 Å². The number of rotatable bonds is 4. The highest BCUT2D eigenvalue weighted by Crippen LogP contribution is 2.27. The monoisotopic (exact) mass is 378 g/mol. The number of fused-ring (bicyclic) bond motifs is 1. The number of imidazole rings is 1. The first-order valence-corrected chi connectivity index (χ1v) is 8.67. The summed E-state index contributed by atoms with van der Waals surface area (Å²) in [5.41, 5.74) is 1.35. The molecule has 1 heterocycles. The summed E-state index contributed by atoms with van der Waals surface area (Å²) in [5.74, 6) is -2.43. The number of benzene rings is 3. The number of halogens is 2. The van der Waals surface area contributed by atoms with E-state index in [4.69, 9.17) is 0 Å². The zero-order valence-corrected chi connectivity index (χ0v) is 15.0. The molecule has 3 aromatic carbocycles. The van der Waals surface area contributed by atoms with Crippen molar-refractivity contribution in [3.63, 3.8) is 0 Å². The summed E-state index contributed by atoms with van der Waals surface area (Å²) < 4.78 is 29.0. The topological polar surface area (TPSA) is 55.1 Å². The van der Waals surface area contributed by atoms with Crippen LogP contribution in [-0.4, -0.2) is 20.6 Å². The Bertz CT molecular complexity index is 1190. The molecule has 1 N–H and O–H groups in total. The van der Waals surface area contributed by atoms with E-state index in [0.29, 0.717) is 0 Å². The smallest absolute Gasteiger partial charge is 0.354 e. The molecule has 4 nitrogen and oxygen atoms in total. The summed E-state index contributed by atoms with van der Waals surface area (Å²) in [6.45, 7) is 1.78. The van der Waals surface area contributed by atoms with Crippen molar-refractivity contribution in [1.82, 2.24) is 9.55 Å². The predicted molar refractivity (Wildman–Crippen MR) is 102 cm³/mol. The van der Waals surface area contributed by atoms with E-state index in [1.165, 1.54) is 4.57 Å². The summed E-state index contributed by atoms with van der Waals surface area (Å²) in [7, 11) is 0. The lowest BCUT2D eigenvalue weighted by Crippen LogP contribution is -2.12. The van der Waals surface area contributed by atoms with Crippen molar-refractivity contribution >= 4 is 16.7 Å². The molecular weight excluding hydrogens is 362 g/mol. The van der Waals surface area contributed by atoms with Crippen LogP contribution in [0.5, 0.6) is 0 Å². The zero-order chi connectivity index (χ0) is 19.8. The Morgan fingerprint density at radius 2 is 1.71 bits per heavy atom. The van der Waals surface area contributed by atoms with Crippen molar-refractivity contribution in [3.05, 3.63) is 89.2 Å². The van der Waals surface area contributed by atoms with Gasteiger partial charge >= 0.3 is 5.97 Å². The Balaban J connectivity index is 1.93. The fourth-order valence-electron chi connectivity index (χ4n) is 3.50. The van der Waals surface area contributed by atoms with Crippen molar-refractivity contribution in [2.45, 2.75) is 13.5 Å². The van der Waals surface area contributed by atoms with Gasteiger partial charge in [0.05, 0.1) is 12.2 Å². The number of carboxylic acids is 1. The second kappa shape index (κ2) is 6.88. The van der Waals surface area contributed by atoms with Gasteiger partial charge in [-0.2, -0.15) is 0 Å². The summed E-state index contributed by atoms with van der Waals surface area (Å²) in [5, 5.41) is 11.7. The summed E-state index contributed by atoms with van der Waals surface area (Å²) in [6, 6.07) is 16.6. The first-order chi connectivity index (χ1) is 13.4. The molecule has 1 aromatic heterocycles. The number of aromatic nitrogens is 2. The van der Waals surface area contributed by atoms with Gasteiger partial charge in [0.1, 0.15) is 17.5 Å². The maximum Gasteiger partial charge on any atom is 0.354 e. The normalized spacial score (nSPS) is 11.1. The van der Waals surface area contributed by atoms with Gasteiger partial charge in [-0.05, 0) is 35.4 Å². The number of aryl methyl sites for hydroxylation is 1. The number of carboxylic acid groups (broad SMARTS) is 1. The lowest BCUT2D eigenvalue weighted by Gasteiger charge is -2.13. The zero-order valence-electron chi connectivity index (χ0n) is 15.0. The van der Waals surface area contributed by atoms with Crippen molar-refractivity contribution in [3.8, 4) is 11.4 Å². The van der Waals surface area contributed by atoms with Crippen molar-refractivity contribution < 1.29 is 18.7 Å². The first-order valence-electron chi connectivity index (χ1n) is 8.67. The van der Waals surface area contributed by atoms with Gasteiger partial charge in [0, 0.05) is 11.6 Å². The Morgan fingerprint density at radius 3 is 2.43 bits per heavy atom. The van der Waals surface area contributed by atoms with Crippen molar-refractivity contribution in [2.24, 2.45) is 0 Å². The van der Waals surface area contributed by atoms with Crippen LogP contribution in [0.2, 0.25) is 0 Å². The molecule has 0 atom stereocenters. The fourth-order valence-corrected chi connectivity index (χ4v) is 3.50. The second-order valence-electron chi connectivity index (χ2n) is 6.56. The highest BCUT2D eigenvalue weighted by atomic mass is 19.1. The van der Waals surface area contributed by atoms with E-state index in [-0.39, 0.29) is 29.3 Å². The van der Waals surface area contributed by atoms with E-state index in [2.05, 4.69) is 4.98 Å². The Labute approximate surface area is 159 Å². The molecule has 0 aliphatic heterocycles. The van der Waals surface area contributed by atoms with E-state index in [0.717, 1.165) is 34.5 Å². The van der Waals surface area contributed by atoms with Gasteiger partial charge in [0.15, 0.2) is 5.69 Å². The molecule has 4 aromatic rings. The molecule has 28 heavy (non-hydrogen) atoms. The summed E-state index contributed by atoms with van der Waals surface area (Å²) in [4.78, 5) is 16.2. The van der Waals surface area contributed by atoms with Crippen LogP contribution in [0.3, 0.4) is 0 Å². The van der Waals surface area contributed by atoms with Gasteiger partial charge < -0.3 is 9.67 Å². The molecule has 0 aliphatic rings. The molecule has 6 heteroatoms. The molecule has 0 saturated heterocycles. The van der Waals surface area contributed by atoms with Crippen LogP contribution < -0.4 is 0 Å². The van der Waals surface area contributed by atoms with Crippen LogP contribution in [0.1, 0.15) is 21.7 Å². The maximum absolute atomic E-state index is 13.8. The largest absolute Gasteiger partial charge is 0.477 e. The lowest BCUT2D eigenvalue weighted by atomic mass is 10.0. The highest BCUT2D eigenvalue weighted by molar-refractivity contribution is 5.89. The lowest BCUT2D eigenvalue weighted by molar-refractivity contribution is 0.0685. The van der Waals surface area contributed by atoms with Gasteiger partial charge in [-0.3, -0.25) is 0 Å². The molecular formula is C22H16F2N2O2. The molecule has 0 saturated carbocycles. The molecule has 0 amide bonds. The minimum absolute atomic E-state index is 0.00685. The SMILES string of the molecule is Cc1nc(-c2cc(F)cc(F)c2)n(Cc2cccc3ccccc23)c1C(=O)O. The Hall–Kier alpha value is -3.54. The first kappa shape index (κ1) is 17.9. The van der Waals surface area contributed by atoms with Gasteiger partial charge in [-0.1, -0.05) is 42.5 Å². The third-order valence-electron chi connectivity index (χ3n) is 4.67. The minimum Gasteiger partial charge on any atom is -0.477 e. The number of nitrogens with zero attached hydrogens (tertiary/aromatic N) is 2. The van der Waals surface area contributed by atoms with E-state index >= 15 is 0 Å². The molecule has 0 fully saturated rings. The Kier molecular flexibility index (Phi) is 4.39. The number of hydrogen-bond acceptors (Lipinski definition) is 2. The fraction of sp³-hybridized carbons (Fsp3) is 0.0909. The molecule has 0 bridgehead atoms. The quantitative estimate of drug-likeness (QED) is 0.541. The number of carbonyl (C=O) groups is 1. The molecule has 140 valence electrons. The number of aromatic carboxylic acids is 1. The van der Waals surface area contributed by atoms with E-state index in [1.807, 2.05) is 42.5 Å². The maximum atomic E-state index is 13.8. The second-order valence-corrected chi connectivity index (χ2v) is 6.56. The Morgan fingerprint density at radius 1 is 1.04 bits per heavy atom. The number of hydrogen-bond donors (Lipinski definition) is 1. The molecule has 0 aliphatic carbocycles. The van der Waals surface area contributed by atoms with Crippen LogP contribution in [0, 0.1) is 18.6 Å². The predicted octanol–water partition coefficient (Wildman–Crippen LogP) is 5.04. The highest BCUT2D eigenvalue weighted by Gasteiger charge is 2.22. The van der Waals surface area contributed by atoms with Crippen LogP contribution in [-0.2, 0) is 6.54 Å². The third kappa shape index (κ3) is 3.13. The minimum atomic E-state index is -1.15.